The van der Waals surface area contributed by atoms with Gasteiger partial charge in [0, 0.05) is 0 Å². The minimum Gasteiger partial charge on any atom is -0.480 e. The number of carbonyl (C=O) groups is 3. The molecule has 0 aliphatic carbocycles. The lowest BCUT2D eigenvalue weighted by atomic mass is 10.0. The number of rotatable bonds is 9. The molecule has 0 heterocycles. The number of nitrogens with one attached hydrogen (secondary N) is 2. The normalized spacial score (nSPS) is 13.7. The lowest BCUT2D eigenvalue weighted by Gasteiger charge is -2.23. The first-order valence-electron chi connectivity index (χ1n) is 6.35. The molecule has 2 amide bonds. The maximum Gasteiger partial charge on any atom is 0.326 e. The molecule has 0 aromatic carbocycles. The van der Waals surface area contributed by atoms with Crippen LogP contribution in [0, 0.1) is 5.92 Å². The Morgan fingerprint density at radius 2 is 1.85 bits per heavy atom. The number of thioether (sulfide) groups is 1. The second kappa shape index (κ2) is 9.60. The molecular formula is C12H23N3O4S. The highest BCUT2D eigenvalue weighted by molar-refractivity contribution is 7.98. The third-order valence-electron chi connectivity index (χ3n) is 2.68. The van der Waals surface area contributed by atoms with Gasteiger partial charge in [-0.2, -0.15) is 11.8 Å². The van der Waals surface area contributed by atoms with Crippen LogP contribution in [-0.2, 0) is 14.4 Å². The van der Waals surface area contributed by atoms with E-state index in [0.29, 0.717) is 12.2 Å². The smallest absolute Gasteiger partial charge is 0.326 e. The molecule has 5 N–H and O–H groups in total. The molecule has 0 aromatic rings. The van der Waals surface area contributed by atoms with Gasteiger partial charge in [0.2, 0.25) is 11.8 Å². The Hall–Kier alpha value is -1.28. The standard InChI is InChI=1S/C12H23N3O4S/c1-7(2)10(12(18)19)15-11(17)8(4-5-20-3)14-9(16)6-13/h7-8,10H,4-6,13H2,1-3H3,(H,14,16)(H,15,17)(H,18,19). The van der Waals surface area contributed by atoms with Gasteiger partial charge in [0.25, 0.3) is 0 Å². The molecule has 0 spiro atoms. The lowest BCUT2D eigenvalue weighted by Crippen LogP contribution is -2.54. The fraction of sp³-hybridized carbons (Fsp3) is 0.750. The molecule has 0 fully saturated rings. The molecule has 0 aliphatic heterocycles. The number of carbonyl (C=O) groups excluding carboxylic acids is 2. The van der Waals surface area contributed by atoms with Crippen molar-refractivity contribution in [2.24, 2.45) is 11.7 Å². The van der Waals surface area contributed by atoms with Crippen LogP contribution in [-0.4, -0.2) is 53.5 Å². The fourth-order valence-electron chi connectivity index (χ4n) is 1.53. The zero-order chi connectivity index (χ0) is 15.7. The number of amides is 2. The van der Waals surface area contributed by atoms with Gasteiger partial charge in [0.1, 0.15) is 12.1 Å². The number of carboxylic acids is 1. The molecule has 0 radical (unpaired) electrons. The summed E-state index contributed by atoms with van der Waals surface area (Å²) in [6.07, 6.45) is 2.30. The fourth-order valence-corrected chi connectivity index (χ4v) is 2.00. The predicted octanol–water partition coefficient (Wildman–Crippen LogP) is -0.592. The zero-order valence-electron chi connectivity index (χ0n) is 12.0. The van der Waals surface area contributed by atoms with Crippen molar-refractivity contribution in [3.05, 3.63) is 0 Å². The Kier molecular flexibility index (Phi) is 8.98. The predicted molar refractivity (Wildman–Crippen MR) is 78.4 cm³/mol. The average molecular weight is 305 g/mol. The Morgan fingerprint density at radius 1 is 1.25 bits per heavy atom. The first-order valence-corrected chi connectivity index (χ1v) is 7.74. The number of carboxylic acid groups (broad SMARTS) is 1. The molecule has 0 saturated heterocycles. The summed E-state index contributed by atoms with van der Waals surface area (Å²) in [5, 5.41) is 14.0. The Bertz CT molecular complexity index is 350. The van der Waals surface area contributed by atoms with Gasteiger partial charge in [-0.25, -0.2) is 4.79 Å². The van der Waals surface area contributed by atoms with Crippen molar-refractivity contribution < 1.29 is 19.5 Å². The van der Waals surface area contributed by atoms with Crippen molar-refractivity contribution in [2.75, 3.05) is 18.6 Å². The van der Waals surface area contributed by atoms with E-state index >= 15 is 0 Å². The maximum atomic E-state index is 12.1. The summed E-state index contributed by atoms with van der Waals surface area (Å²) in [7, 11) is 0. The second-order valence-corrected chi connectivity index (χ2v) is 5.66. The van der Waals surface area contributed by atoms with Crippen LogP contribution in [0.3, 0.4) is 0 Å². The van der Waals surface area contributed by atoms with E-state index in [1.54, 1.807) is 13.8 Å². The van der Waals surface area contributed by atoms with Gasteiger partial charge in [-0.1, -0.05) is 13.8 Å². The molecular weight excluding hydrogens is 282 g/mol. The Balaban J connectivity index is 4.74. The molecule has 8 heteroatoms. The summed E-state index contributed by atoms with van der Waals surface area (Å²) in [6.45, 7) is 3.19. The molecule has 0 rings (SSSR count). The molecule has 0 aliphatic rings. The van der Waals surface area contributed by atoms with Crippen molar-refractivity contribution in [1.29, 1.82) is 0 Å². The largest absolute Gasteiger partial charge is 0.480 e. The third-order valence-corrected chi connectivity index (χ3v) is 3.32. The summed E-state index contributed by atoms with van der Waals surface area (Å²) in [5.74, 6) is -1.61. The molecule has 2 atom stereocenters. The van der Waals surface area contributed by atoms with E-state index in [1.807, 2.05) is 6.26 Å². The van der Waals surface area contributed by atoms with Crippen molar-refractivity contribution in [2.45, 2.75) is 32.4 Å². The number of hydrogen-bond acceptors (Lipinski definition) is 5. The third kappa shape index (κ3) is 6.76. The van der Waals surface area contributed by atoms with Crippen molar-refractivity contribution >= 4 is 29.5 Å². The summed E-state index contributed by atoms with van der Waals surface area (Å²) in [5.41, 5.74) is 5.20. The van der Waals surface area contributed by atoms with E-state index in [1.165, 1.54) is 11.8 Å². The maximum absolute atomic E-state index is 12.1. The van der Waals surface area contributed by atoms with Gasteiger partial charge >= 0.3 is 5.97 Å². The van der Waals surface area contributed by atoms with Crippen LogP contribution < -0.4 is 16.4 Å². The molecule has 20 heavy (non-hydrogen) atoms. The molecule has 0 aromatic heterocycles. The zero-order valence-corrected chi connectivity index (χ0v) is 12.8. The van der Waals surface area contributed by atoms with E-state index in [9.17, 15) is 14.4 Å². The van der Waals surface area contributed by atoms with Crippen LogP contribution in [0.25, 0.3) is 0 Å². The topological polar surface area (TPSA) is 122 Å². The van der Waals surface area contributed by atoms with Gasteiger partial charge in [0.15, 0.2) is 0 Å². The summed E-state index contributed by atoms with van der Waals surface area (Å²) >= 11 is 1.53. The van der Waals surface area contributed by atoms with E-state index < -0.39 is 29.9 Å². The monoisotopic (exact) mass is 305 g/mol. The van der Waals surface area contributed by atoms with E-state index in [0.717, 1.165) is 0 Å². The van der Waals surface area contributed by atoms with Gasteiger partial charge in [-0.3, -0.25) is 9.59 Å². The van der Waals surface area contributed by atoms with Gasteiger partial charge in [-0.15, -0.1) is 0 Å². The quantitative estimate of drug-likeness (QED) is 0.452. The molecule has 116 valence electrons. The molecule has 7 nitrogen and oxygen atoms in total. The highest BCUT2D eigenvalue weighted by Gasteiger charge is 2.27. The second-order valence-electron chi connectivity index (χ2n) is 4.67. The van der Waals surface area contributed by atoms with E-state index in [4.69, 9.17) is 10.8 Å². The van der Waals surface area contributed by atoms with Gasteiger partial charge in [0.05, 0.1) is 6.54 Å². The van der Waals surface area contributed by atoms with E-state index in [2.05, 4.69) is 10.6 Å². The van der Waals surface area contributed by atoms with Crippen molar-refractivity contribution in [3.63, 3.8) is 0 Å². The summed E-state index contributed by atoms with van der Waals surface area (Å²) in [4.78, 5) is 34.4. The summed E-state index contributed by atoms with van der Waals surface area (Å²) < 4.78 is 0. The molecule has 2 unspecified atom stereocenters. The number of nitrogens with two attached hydrogens (primary N) is 1. The minimum absolute atomic E-state index is 0.213. The average Bonchev–Trinajstić information content (AvgIpc) is 2.39. The number of hydrogen-bond donors (Lipinski definition) is 4. The Labute approximate surface area is 123 Å². The first-order chi connectivity index (χ1) is 9.33. The van der Waals surface area contributed by atoms with Crippen LogP contribution in [0.15, 0.2) is 0 Å². The van der Waals surface area contributed by atoms with Crippen LogP contribution in [0.1, 0.15) is 20.3 Å². The highest BCUT2D eigenvalue weighted by Crippen LogP contribution is 2.05. The van der Waals surface area contributed by atoms with Crippen LogP contribution in [0.5, 0.6) is 0 Å². The minimum atomic E-state index is -1.10. The van der Waals surface area contributed by atoms with Crippen LogP contribution in [0.4, 0.5) is 0 Å². The van der Waals surface area contributed by atoms with E-state index in [-0.39, 0.29) is 12.5 Å². The van der Waals surface area contributed by atoms with Crippen molar-refractivity contribution in [3.8, 4) is 0 Å². The summed E-state index contributed by atoms with van der Waals surface area (Å²) in [6, 6.07) is -1.74. The van der Waals surface area contributed by atoms with Crippen molar-refractivity contribution in [1.82, 2.24) is 10.6 Å². The SMILES string of the molecule is CSCCC(NC(=O)CN)C(=O)NC(C(=O)O)C(C)C. The first kappa shape index (κ1) is 18.7. The van der Waals surface area contributed by atoms with Crippen LogP contribution in [0.2, 0.25) is 0 Å². The van der Waals surface area contributed by atoms with Gasteiger partial charge < -0.3 is 21.5 Å². The number of aliphatic carboxylic acids is 1. The molecule has 0 bridgehead atoms. The lowest BCUT2D eigenvalue weighted by molar-refractivity contribution is -0.143. The Morgan fingerprint density at radius 3 is 2.25 bits per heavy atom. The van der Waals surface area contributed by atoms with Crippen LogP contribution >= 0.6 is 11.8 Å². The highest BCUT2D eigenvalue weighted by atomic mass is 32.2. The van der Waals surface area contributed by atoms with Gasteiger partial charge in [-0.05, 0) is 24.3 Å². The molecule has 0 saturated carbocycles.